The minimum absolute atomic E-state index is 0.365. The van der Waals surface area contributed by atoms with E-state index >= 15 is 0 Å². The maximum atomic E-state index is 5.80. The summed E-state index contributed by atoms with van der Waals surface area (Å²) in [5.41, 5.74) is 0.365. The van der Waals surface area contributed by atoms with Gasteiger partial charge in [0.1, 0.15) is 0 Å². The van der Waals surface area contributed by atoms with Crippen LogP contribution in [0.5, 0.6) is 0 Å². The molecule has 2 aliphatic rings. The van der Waals surface area contributed by atoms with Crippen LogP contribution in [0.1, 0.15) is 39.0 Å². The van der Waals surface area contributed by atoms with E-state index in [1.54, 1.807) is 0 Å². The zero-order valence-electron chi connectivity index (χ0n) is 10.8. The fourth-order valence-corrected chi connectivity index (χ4v) is 2.72. The van der Waals surface area contributed by atoms with Gasteiger partial charge in [-0.05, 0) is 59.2 Å². The van der Waals surface area contributed by atoms with Gasteiger partial charge in [0.2, 0.25) is 0 Å². The quantitative estimate of drug-likeness (QED) is 0.791. The molecule has 16 heavy (non-hydrogen) atoms. The summed E-state index contributed by atoms with van der Waals surface area (Å²) in [6, 6.07) is 0. The Morgan fingerprint density at radius 1 is 1.31 bits per heavy atom. The molecule has 0 aliphatic carbocycles. The summed E-state index contributed by atoms with van der Waals surface area (Å²) in [6.45, 7) is 6.91. The lowest BCUT2D eigenvalue weighted by atomic mass is 9.89. The number of rotatable bonds is 3. The minimum atomic E-state index is 0.365. The lowest BCUT2D eigenvalue weighted by Gasteiger charge is -2.40. The first-order chi connectivity index (χ1) is 7.72. The van der Waals surface area contributed by atoms with Gasteiger partial charge in [0.25, 0.3) is 0 Å². The minimum Gasteiger partial charge on any atom is -0.377 e. The van der Waals surface area contributed by atoms with Gasteiger partial charge >= 0.3 is 0 Å². The standard InChI is InChI=1S/C13H26N2O/c1-13(14-2)6-8-15(9-7-13)11-12-5-3-4-10-16-12/h12,14H,3-11H2,1-2H3. The Balaban J connectivity index is 1.72. The smallest absolute Gasteiger partial charge is 0.0702 e. The lowest BCUT2D eigenvalue weighted by Crippen LogP contribution is -2.51. The molecule has 0 spiro atoms. The van der Waals surface area contributed by atoms with Gasteiger partial charge in [-0.2, -0.15) is 0 Å². The molecule has 0 aromatic carbocycles. The van der Waals surface area contributed by atoms with Crippen LogP contribution in [0.3, 0.4) is 0 Å². The Hall–Kier alpha value is -0.120. The highest BCUT2D eigenvalue weighted by Gasteiger charge is 2.29. The highest BCUT2D eigenvalue weighted by molar-refractivity contribution is 4.88. The number of hydrogen-bond acceptors (Lipinski definition) is 3. The molecule has 0 aromatic heterocycles. The maximum absolute atomic E-state index is 5.80. The molecule has 3 heteroatoms. The fourth-order valence-electron chi connectivity index (χ4n) is 2.72. The second-order valence-corrected chi connectivity index (χ2v) is 5.60. The highest BCUT2D eigenvalue weighted by atomic mass is 16.5. The van der Waals surface area contributed by atoms with Gasteiger partial charge in [0, 0.05) is 18.7 Å². The third-order valence-electron chi connectivity index (χ3n) is 4.30. The van der Waals surface area contributed by atoms with E-state index in [2.05, 4.69) is 24.2 Å². The van der Waals surface area contributed by atoms with Crippen molar-refractivity contribution in [3.63, 3.8) is 0 Å². The van der Waals surface area contributed by atoms with E-state index in [4.69, 9.17) is 4.74 Å². The van der Waals surface area contributed by atoms with Crippen molar-refractivity contribution in [1.82, 2.24) is 10.2 Å². The molecule has 2 saturated heterocycles. The van der Waals surface area contributed by atoms with E-state index in [1.165, 1.54) is 45.2 Å². The Morgan fingerprint density at radius 2 is 2.06 bits per heavy atom. The van der Waals surface area contributed by atoms with Gasteiger partial charge in [-0.1, -0.05) is 0 Å². The van der Waals surface area contributed by atoms with Crippen LogP contribution in [0.15, 0.2) is 0 Å². The van der Waals surface area contributed by atoms with Gasteiger partial charge in [-0.25, -0.2) is 0 Å². The van der Waals surface area contributed by atoms with Crippen molar-refractivity contribution in [3.05, 3.63) is 0 Å². The first-order valence-corrected chi connectivity index (χ1v) is 6.75. The van der Waals surface area contributed by atoms with Gasteiger partial charge < -0.3 is 15.0 Å². The number of ether oxygens (including phenoxy) is 1. The summed E-state index contributed by atoms with van der Waals surface area (Å²) in [7, 11) is 2.08. The van der Waals surface area contributed by atoms with Crippen LogP contribution >= 0.6 is 0 Å². The number of likely N-dealkylation sites (tertiary alicyclic amines) is 1. The van der Waals surface area contributed by atoms with Crippen LogP contribution < -0.4 is 5.32 Å². The van der Waals surface area contributed by atoms with E-state index in [0.29, 0.717) is 11.6 Å². The van der Waals surface area contributed by atoms with Crippen molar-refractivity contribution in [2.24, 2.45) is 0 Å². The fraction of sp³-hybridized carbons (Fsp3) is 1.00. The van der Waals surface area contributed by atoms with E-state index in [9.17, 15) is 0 Å². The van der Waals surface area contributed by atoms with Crippen LogP contribution in [-0.2, 0) is 4.74 Å². The lowest BCUT2D eigenvalue weighted by molar-refractivity contribution is -0.0130. The van der Waals surface area contributed by atoms with Crippen molar-refractivity contribution < 1.29 is 4.74 Å². The maximum Gasteiger partial charge on any atom is 0.0702 e. The Kier molecular flexibility index (Phi) is 4.22. The molecule has 2 rings (SSSR count). The summed E-state index contributed by atoms with van der Waals surface area (Å²) >= 11 is 0. The summed E-state index contributed by atoms with van der Waals surface area (Å²) in [4.78, 5) is 2.58. The summed E-state index contributed by atoms with van der Waals surface area (Å²) in [6.07, 6.45) is 6.90. The summed E-state index contributed by atoms with van der Waals surface area (Å²) in [5.74, 6) is 0. The Bertz CT molecular complexity index is 206. The van der Waals surface area contributed by atoms with Crippen LogP contribution in [0.4, 0.5) is 0 Å². The van der Waals surface area contributed by atoms with Crippen LogP contribution in [0, 0.1) is 0 Å². The number of hydrogen-bond donors (Lipinski definition) is 1. The predicted octanol–water partition coefficient (Wildman–Crippen LogP) is 1.63. The highest BCUT2D eigenvalue weighted by Crippen LogP contribution is 2.22. The van der Waals surface area contributed by atoms with Crippen LogP contribution in [-0.4, -0.2) is 49.8 Å². The average Bonchev–Trinajstić information content (AvgIpc) is 2.34. The van der Waals surface area contributed by atoms with Crippen molar-refractivity contribution in [2.75, 3.05) is 33.3 Å². The number of nitrogens with zero attached hydrogens (tertiary/aromatic N) is 1. The van der Waals surface area contributed by atoms with E-state index in [-0.39, 0.29) is 0 Å². The van der Waals surface area contributed by atoms with Crippen molar-refractivity contribution in [3.8, 4) is 0 Å². The normalized spacial score (nSPS) is 31.5. The molecular weight excluding hydrogens is 200 g/mol. The molecular formula is C13H26N2O. The first kappa shape index (κ1) is 12.3. The van der Waals surface area contributed by atoms with Crippen molar-refractivity contribution >= 4 is 0 Å². The number of piperidine rings is 1. The molecule has 0 radical (unpaired) electrons. The second kappa shape index (κ2) is 5.48. The first-order valence-electron chi connectivity index (χ1n) is 6.75. The zero-order chi connectivity index (χ0) is 11.4. The van der Waals surface area contributed by atoms with Gasteiger partial charge in [-0.15, -0.1) is 0 Å². The topological polar surface area (TPSA) is 24.5 Å². The molecule has 1 N–H and O–H groups in total. The molecule has 2 heterocycles. The molecule has 3 nitrogen and oxygen atoms in total. The van der Waals surface area contributed by atoms with Crippen molar-refractivity contribution in [2.45, 2.75) is 50.7 Å². The SMILES string of the molecule is CNC1(C)CCN(CC2CCCCO2)CC1. The summed E-state index contributed by atoms with van der Waals surface area (Å²) in [5, 5.41) is 3.45. The van der Waals surface area contributed by atoms with E-state index < -0.39 is 0 Å². The molecule has 2 fully saturated rings. The van der Waals surface area contributed by atoms with Gasteiger partial charge in [0.15, 0.2) is 0 Å². The molecule has 1 atom stereocenters. The Labute approximate surface area is 99.5 Å². The molecule has 2 aliphatic heterocycles. The largest absolute Gasteiger partial charge is 0.377 e. The van der Waals surface area contributed by atoms with Crippen molar-refractivity contribution in [1.29, 1.82) is 0 Å². The summed E-state index contributed by atoms with van der Waals surface area (Å²) < 4.78 is 5.80. The third kappa shape index (κ3) is 3.19. The molecule has 0 saturated carbocycles. The monoisotopic (exact) mass is 226 g/mol. The Morgan fingerprint density at radius 3 is 2.62 bits per heavy atom. The third-order valence-corrected chi connectivity index (χ3v) is 4.30. The molecule has 94 valence electrons. The second-order valence-electron chi connectivity index (χ2n) is 5.60. The molecule has 0 bridgehead atoms. The average molecular weight is 226 g/mol. The zero-order valence-corrected chi connectivity index (χ0v) is 10.8. The molecule has 1 unspecified atom stereocenters. The molecule has 0 aromatic rings. The van der Waals surface area contributed by atoms with Gasteiger partial charge in [0.05, 0.1) is 6.10 Å². The molecule has 0 amide bonds. The number of nitrogens with one attached hydrogen (secondary N) is 1. The van der Waals surface area contributed by atoms with Gasteiger partial charge in [-0.3, -0.25) is 0 Å². The van der Waals surface area contributed by atoms with Crippen LogP contribution in [0.25, 0.3) is 0 Å². The van der Waals surface area contributed by atoms with E-state index in [1.807, 2.05) is 0 Å². The van der Waals surface area contributed by atoms with Crippen LogP contribution in [0.2, 0.25) is 0 Å². The predicted molar refractivity (Wildman–Crippen MR) is 66.7 cm³/mol. The van der Waals surface area contributed by atoms with E-state index in [0.717, 1.165) is 13.2 Å².